The normalized spacial score (nSPS) is 10.4. The van der Waals surface area contributed by atoms with Gasteiger partial charge in [0.05, 0.1) is 23.3 Å². The van der Waals surface area contributed by atoms with Crippen LogP contribution in [0.1, 0.15) is 5.56 Å². The van der Waals surface area contributed by atoms with Crippen LogP contribution < -0.4 is 10.6 Å². The van der Waals surface area contributed by atoms with Crippen molar-refractivity contribution in [3.05, 3.63) is 29.3 Å². The van der Waals surface area contributed by atoms with Crippen LogP contribution in [0, 0.1) is 0 Å². The molecule has 0 saturated carbocycles. The minimum atomic E-state index is -0.0221. The number of nitrogens with one attached hydrogen (secondary N) is 3. The molecule has 2 aromatic heterocycles. The first-order chi connectivity index (χ1) is 8.31. The van der Waals surface area contributed by atoms with Crippen LogP contribution in [0.5, 0.6) is 0 Å². The van der Waals surface area contributed by atoms with Gasteiger partial charge in [-0.05, 0) is 11.4 Å². The molecule has 3 N–H and O–H groups in total. The summed E-state index contributed by atoms with van der Waals surface area (Å²) in [5, 5.41) is 14.7. The van der Waals surface area contributed by atoms with Gasteiger partial charge in [0.2, 0.25) is 5.91 Å². The molecule has 0 aliphatic carbocycles. The van der Waals surface area contributed by atoms with Crippen LogP contribution in [-0.2, 0) is 11.3 Å². The molecular weight excluding hydrogens is 236 g/mol. The van der Waals surface area contributed by atoms with Gasteiger partial charge in [0, 0.05) is 19.2 Å². The fraction of sp³-hybridized carbons (Fsp3) is 0.273. The summed E-state index contributed by atoms with van der Waals surface area (Å²) in [5.74, 6) is -0.0221. The number of likely N-dealkylation sites (N-methyl/N-ethyl adjacent to an activating group) is 1. The number of thiophene rings is 1. The van der Waals surface area contributed by atoms with Gasteiger partial charge in [-0.25, -0.2) is 0 Å². The Bertz CT molecular complexity index is 477. The van der Waals surface area contributed by atoms with Crippen LogP contribution in [0.25, 0.3) is 10.6 Å². The molecule has 17 heavy (non-hydrogen) atoms. The number of aromatic nitrogens is 2. The maximum Gasteiger partial charge on any atom is 0.233 e. The number of carbonyl (C=O) groups is 1. The van der Waals surface area contributed by atoms with E-state index in [2.05, 4.69) is 20.8 Å². The first-order valence-corrected chi connectivity index (χ1v) is 6.16. The van der Waals surface area contributed by atoms with Crippen LogP contribution in [0.2, 0.25) is 0 Å². The highest BCUT2D eigenvalue weighted by Gasteiger charge is 2.08. The summed E-state index contributed by atoms with van der Waals surface area (Å²) in [6, 6.07) is 4.04. The monoisotopic (exact) mass is 250 g/mol. The summed E-state index contributed by atoms with van der Waals surface area (Å²) in [6.45, 7) is 0.933. The predicted octanol–water partition coefficient (Wildman–Crippen LogP) is 0.974. The SMILES string of the molecule is CNC(=O)CNCc1cn[nH]c1-c1cccs1. The summed E-state index contributed by atoms with van der Waals surface area (Å²) >= 11 is 1.66. The molecule has 0 spiro atoms. The molecule has 0 aliphatic heterocycles. The first kappa shape index (κ1) is 11.8. The Balaban J connectivity index is 1.98. The van der Waals surface area contributed by atoms with Gasteiger partial charge in [0.1, 0.15) is 0 Å². The standard InChI is InChI=1S/C11H14N4OS/c1-12-10(16)7-13-5-8-6-14-15-11(8)9-3-2-4-17-9/h2-4,6,13H,5,7H2,1H3,(H,12,16)(H,14,15). The minimum absolute atomic E-state index is 0.0221. The lowest BCUT2D eigenvalue weighted by Gasteiger charge is -2.03. The molecule has 0 unspecified atom stereocenters. The highest BCUT2D eigenvalue weighted by atomic mass is 32.1. The molecule has 2 rings (SSSR count). The minimum Gasteiger partial charge on any atom is -0.358 e. The molecule has 0 fully saturated rings. The van der Waals surface area contributed by atoms with E-state index >= 15 is 0 Å². The van der Waals surface area contributed by atoms with Gasteiger partial charge in [0.25, 0.3) is 0 Å². The number of rotatable bonds is 5. The Morgan fingerprint density at radius 2 is 2.47 bits per heavy atom. The van der Waals surface area contributed by atoms with E-state index in [-0.39, 0.29) is 5.91 Å². The predicted molar refractivity (Wildman–Crippen MR) is 67.7 cm³/mol. The topological polar surface area (TPSA) is 69.8 Å². The molecule has 0 atom stereocenters. The largest absolute Gasteiger partial charge is 0.358 e. The fourth-order valence-electron chi connectivity index (χ4n) is 1.48. The number of amides is 1. The van der Waals surface area contributed by atoms with Crippen molar-refractivity contribution < 1.29 is 4.79 Å². The van der Waals surface area contributed by atoms with Crippen LogP contribution in [0.15, 0.2) is 23.7 Å². The summed E-state index contributed by atoms with van der Waals surface area (Å²) in [4.78, 5) is 12.2. The summed E-state index contributed by atoms with van der Waals surface area (Å²) in [7, 11) is 1.62. The molecule has 2 heterocycles. The van der Waals surface area contributed by atoms with Crippen molar-refractivity contribution in [2.24, 2.45) is 0 Å². The number of H-pyrrole nitrogens is 1. The van der Waals surface area contributed by atoms with Gasteiger partial charge in [-0.3, -0.25) is 9.89 Å². The number of carbonyl (C=O) groups excluding carboxylic acids is 1. The Kier molecular flexibility index (Phi) is 3.89. The summed E-state index contributed by atoms with van der Waals surface area (Å²) < 4.78 is 0. The molecule has 0 aromatic carbocycles. The fourth-order valence-corrected chi connectivity index (χ4v) is 2.23. The Labute approximate surface area is 103 Å². The number of hydrogen-bond acceptors (Lipinski definition) is 4. The second-order valence-corrected chi connectivity index (χ2v) is 4.47. The van der Waals surface area contributed by atoms with Gasteiger partial charge >= 0.3 is 0 Å². The van der Waals surface area contributed by atoms with Crippen molar-refractivity contribution in [3.8, 4) is 10.6 Å². The molecule has 6 heteroatoms. The van der Waals surface area contributed by atoms with E-state index in [1.165, 1.54) is 0 Å². The maximum absolute atomic E-state index is 11.1. The Hall–Kier alpha value is -1.66. The van der Waals surface area contributed by atoms with Crippen molar-refractivity contribution in [1.82, 2.24) is 20.8 Å². The smallest absolute Gasteiger partial charge is 0.233 e. The number of hydrogen-bond donors (Lipinski definition) is 3. The van der Waals surface area contributed by atoms with Gasteiger partial charge in [0.15, 0.2) is 0 Å². The van der Waals surface area contributed by atoms with Crippen molar-refractivity contribution >= 4 is 17.2 Å². The van der Waals surface area contributed by atoms with Crippen molar-refractivity contribution in [2.75, 3.05) is 13.6 Å². The van der Waals surface area contributed by atoms with Crippen LogP contribution in [-0.4, -0.2) is 29.7 Å². The van der Waals surface area contributed by atoms with Gasteiger partial charge < -0.3 is 10.6 Å². The second kappa shape index (κ2) is 5.60. The molecular formula is C11H14N4OS. The van der Waals surface area contributed by atoms with E-state index in [9.17, 15) is 4.79 Å². The molecule has 90 valence electrons. The third kappa shape index (κ3) is 2.92. The average molecular weight is 250 g/mol. The second-order valence-electron chi connectivity index (χ2n) is 3.52. The van der Waals surface area contributed by atoms with Gasteiger partial charge in [-0.1, -0.05) is 6.07 Å². The lowest BCUT2D eigenvalue weighted by atomic mass is 10.2. The molecule has 0 saturated heterocycles. The molecule has 0 aliphatic rings. The third-order valence-electron chi connectivity index (χ3n) is 2.37. The van der Waals surface area contributed by atoms with E-state index in [1.54, 1.807) is 24.6 Å². The van der Waals surface area contributed by atoms with Crippen molar-refractivity contribution in [3.63, 3.8) is 0 Å². The van der Waals surface area contributed by atoms with Crippen LogP contribution in [0.3, 0.4) is 0 Å². The van der Waals surface area contributed by atoms with Gasteiger partial charge in [-0.2, -0.15) is 5.10 Å². The zero-order chi connectivity index (χ0) is 12.1. The Morgan fingerprint density at radius 1 is 1.59 bits per heavy atom. The molecule has 0 radical (unpaired) electrons. The quantitative estimate of drug-likeness (QED) is 0.740. The molecule has 1 amide bonds. The van der Waals surface area contributed by atoms with Gasteiger partial charge in [-0.15, -0.1) is 11.3 Å². The number of aromatic amines is 1. The third-order valence-corrected chi connectivity index (χ3v) is 3.25. The zero-order valence-corrected chi connectivity index (χ0v) is 10.3. The lowest BCUT2D eigenvalue weighted by molar-refractivity contribution is -0.119. The van der Waals surface area contributed by atoms with E-state index in [0.717, 1.165) is 16.1 Å². The lowest BCUT2D eigenvalue weighted by Crippen LogP contribution is -2.30. The highest BCUT2D eigenvalue weighted by Crippen LogP contribution is 2.25. The molecule has 0 bridgehead atoms. The first-order valence-electron chi connectivity index (χ1n) is 5.28. The molecule has 5 nitrogen and oxygen atoms in total. The van der Waals surface area contributed by atoms with Crippen LogP contribution in [0.4, 0.5) is 0 Å². The van der Waals surface area contributed by atoms with E-state index in [0.29, 0.717) is 13.1 Å². The maximum atomic E-state index is 11.1. The number of nitrogens with zero attached hydrogens (tertiary/aromatic N) is 1. The van der Waals surface area contributed by atoms with Crippen molar-refractivity contribution in [1.29, 1.82) is 0 Å². The Morgan fingerprint density at radius 3 is 3.18 bits per heavy atom. The summed E-state index contributed by atoms with van der Waals surface area (Å²) in [6.07, 6.45) is 1.78. The van der Waals surface area contributed by atoms with E-state index in [1.807, 2.05) is 17.5 Å². The van der Waals surface area contributed by atoms with Crippen molar-refractivity contribution in [2.45, 2.75) is 6.54 Å². The van der Waals surface area contributed by atoms with Crippen LogP contribution >= 0.6 is 11.3 Å². The highest BCUT2D eigenvalue weighted by molar-refractivity contribution is 7.13. The average Bonchev–Trinajstić information content (AvgIpc) is 2.98. The summed E-state index contributed by atoms with van der Waals surface area (Å²) in [5.41, 5.74) is 2.08. The molecule has 2 aromatic rings. The van der Waals surface area contributed by atoms with E-state index < -0.39 is 0 Å². The van der Waals surface area contributed by atoms with E-state index in [4.69, 9.17) is 0 Å². The zero-order valence-electron chi connectivity index (χ0n) is 9.49.